The molecular formula is C13H15N3O4. The minimum atomic E-state index is -0.895. The van der Waals surface area contributed by atoms with Crippen LogP contribution in [0.3, 0.4) is 0 Å². The van der Waals surface area contributed by atoms with E-state index < -0.39 is 10.9 Å². The lowest BCUT2D eigenvalue weighted by Gasteiger charge is -2.14. The van der Waals surface area contributed by atoms with E-state index in [0.717, 1.165) is 0 Å². The van der Waals surface area contributed by atoms with Gasteiger partial charge < -0.3 is 10.4 Å². The normalized spacial score (nSPS) is 11.4. The van der Waals surface area contributed by atoms with Crippen molar-refractivity contribution < 1.29 is 14.8 Å². The smallest absolute Gasteiger partial charge is 0.303 e. The van der Waals surface area contributed by atoms with Crippen molar-refractivity contribution in [1.29, 1.82) is 5.26 Å². The standard InChI is InChI=1S/C13H15N3O4/c1-2-9(6-13(17)18)8-15-11-4-3-10(7-14)5-12(11)16(19)20/h3-5,9,15H,2,6,8H2,1H3,(H,17,18). The van der Waals surface area contributed by atoms with Crippen LogP contribution >= 0.6 is 0 Å². The zero-order chi connectivity index (χ0) is 15.1. The molecule has 1 aromatic carbocycles. The monoisotopic (exact) mass is 277 g/mol. The van der Waals surface area contributed by atoms with Crippen molar-refractivity contribution in [3.63, 3.8) is 0 Å². The van der Waals surface area contributed by atoms with E-state index in [1.54, 1.807) is 0 Å². The predicted octanol–water partition coefficient (Wildman–Crippen LogP) is 2.38. The molecule has 7 nitrogen and oxygen atoms in total. The van der Waals surface area contributed by atoms with Crippen LogP contribution in [0.1, 0.15) is 25.3 Å². The Hall–Kier alpha value is -2.62. The number of nitrogens with zero attached hydrogens (tertiary/aromatic N) is 2. The molecule has 0 aliphatic carbocycles. The molecule has 20 heavy (non-hydrogen) atoms. The number of hydrogen-bond acceptors (Lipinski definition) is 5. The van der Waals surface area contributed by atoms with Crippen LogP contribution in [0.15, 0.2) is 18.2 Å². The van der Waals surface area contributed by atoms with Crippen molar-refractivity contribution in [3.05, 3.63) is 33.9 Å². The molecule has 1 unspecified atom stereocenters. The van der Waals surface area contributed by atoms with Gasteiger partial charge in [-0.2, -0.15) is 5.26 Å². The van der Waals surface area contributed by atoms with Crippen LogP contribution in [-0.4, -0.2) is 22.5 Å². The number of hydrogen-bond donors (Lipinski definition) is 2. The van der Waals surface area contributed by atoms with Gasteiger partial charge in [-0.15, -0.1) is 0 Å². The molecule has 0 bridgehead atoms. The molecule has 0 spiro atoms. The Balaban J connectivity index is 2.84. The summed E-state index contributed by atoms with van der Waals surface area (Å²) in [6, 6.07) is 5.98. The summed E-state index contributed by atoms with van der Waals surface area (Å²) >= 11 is 0. The minimum Gasteiger partial charge on any atom is -0.481 e. The summed E-state index contributed by atoms with van der Waals surface area (Å²) in [4.78, 5) is 21.0. The maximum absolute atomic E-state index is 10.9. The molecule has 0 aliphatic rings. The predicted molar refractivity (Wildman–Crippen MR) is 72.3 cm³/mol. The van der Waals surface area contributed by atoms with E-state index in [2.05, 4.69) is 5.32 Å². The number of rotatable bonds is 7. The molecule has 0 aliphatic heterocycles. The number of nitro benzene ring substituents is 1. The van der Waals surface area contributed by atoms with Gasteiger partial charge in [0.1, 0.15) is 5.69 Å². The number of carboxylic acids is 1. The molecule has 0 saturated heterocycles. The lowest BCUT2D eigenvalue weighted by molar-refractivity contribution is -0.384. The van der Waals surface area contributed by atoms with E-state index in [1.807, 2.05) is 13.0 Å². The molecule has 0 radical (unpaired) electrons. The molecule has 0 amide bonds. The summed E-state index contributed by atoms with van der Waals surface area (Å²) in [6.45, 7) is 2.19. The largest absolute Gasteiger partial charge is 0.481 e. The van der Waals surface area contributed by atoms with Crippen molar-refractivity contribution in [3.8, 4) is 6.07 Å². The number of nitrogens with one attached hydrogen (secondary N) is 1. The Morgan fingerprint density at radius 3 is 2.80 bits per heavy atom. The first kappa shape index (κ1) is 15.4. The first-order valence-electron chi connectivity index (χ1n) is 6.12. The average Bonchev–Trinajstić information content (AvgIpc) is 2.42. The van der Waals surface area contributed by atoms with Gasteiger partial charge in [0, 0.05) is 19.0 Å². The number of benzene rings is 1. The third-order valence-corrected chi connectivity index (χ3v) is 2.95. The van der Waals surface area contributed by atoms with Crippen LogP contribution in [0.5, 0.6) is 0 Å². The molecule has 1 atom stereocenters. The number of anilines is 1. The van der Waals surface area contributed by atoms with Gasteiger partial charge in [0.25, 0.3) is 5.69 Å². The van der Waals surface area contributed by atoms with Gasteiger partial charge in [-0.3, -0.25) is 14.9 Å². The van der Waals surface area contributed by atoms with Crippen LogP contribution in [0.25, 0.3) is 0 Å². The zero-order valence-electron chi connectivity index (χ0n) is 11.0. The number of nitro groups is 1. The highest BCUT2D eigenvalue weighted by atomic mass is 16.6. The lowest BCUT2D eigenvalue weighted by Crippen LogP contribution is -2.17. The summed E-state index contributed by atoms with van der Waals surface area (Å²) in [5, 5.41) is 31.3. The zero-order valence-corrected chi connectivity index (χ0v) is 11.0. The summed E-state index contributed by atoms with van der Waals surface area (Å²) < 4.78 is 0. The number of carbonyl (C=O) groups is 1. The fourth-order valence-corrected chi connectivity index (χ4v) is 1.76. The van der Waals surface area contributed by atoms with Crippen LogP contribution in [-0.2, 0) is 4.79 Å². The van der Waals surface area contributed by atoms with Crippen LogP contribution < -0.4 is 5.32 Å². The molecule has 0 fully saturated rings. The van der Waals surface area contributed by atoms with Crippen LogP contribution in [0, 0.1) is 27.4 Å². The third-order valence-electron chi connectivity index (χ3n) is 2.95. The highest BCUT2D eigenvalue weighted by Gasteiger charge is 2.17. The van der Waals surface area contributed by atoms with Crippen molar-refractivity contribution in [1.82, 2.24) is 0 Å². The van der Waals surface area contributed by atoms with Crippen molar-refractivity contribution >= 4 is 17.3 Å². The van der Waals surface area contributed by atoms with Crippen molar-refractivity contribution in [2.24, 2.45) is 5.92 Å². The number of carboxylic acid groups (broad SMARTS) is 1. The molecule has 0 saturated carbocycles. The Morgan fingerprint density at radius 1 is 1.60 bits per heavy atom. The van der Waals surface area contributed by atoms with Gasteiger partial charge in [0.15, 0.2) is 0 Å². The fraction of sp³-hybridized carbons (Fsp3) is 0.385. The molecule has 106 valence electrons. The first-order valence-corrected chi connectivity index (χ1v) is 6.12. The molecule has 1 rings (SSSR count). The quantitative estimate of drug-likeness (QED) is 0.583. The van der Waals surface area contributed by atoms with Gasteiger partial charge in [0.05, 0.1) is 16.6 Å². The molecule has 0 heterocycles. The molecular weight excluding hydrogens is 262 g/mol. The second-order valence-corrected chi connectivity index (χ2v) is 4.35. The highest BCUT2D eigenvalue weighted by Crippen LogP contribution is 2.26. The molecule has 2 N–H and O–H groups in total. The Morgan fingerprint density at radius 2 is 2.30 bits per heavy atom. The second kappa shape index (κ2) is 7.09. The molecule has 0 aromatic heterocycles. The van der Waals surface area contributed by atoms with E-state index in [0.29, 0.717) is 13.0 Å². The fourth-order valence-electron chi connectivity index (χ4n) is 1.76. The maximum Gasteiger partial charge on any atom is 0.303 e. The van der Waals surface area contributed by atoms with E-state index in [4.69, 9.17) is 10.4 Å². The first-order chi connectivity index (χ1) is 9.47. The van der Waals surface area contributed by atoms with Gasteiger partial charge in [-0.05, 0) is 18.1 Å². The van der Waals surface area contributed by atoms with Gasteiger partial charge >= 0.3 is 5.97 Å². The number of nitriles is 1. The maximum atomic E-state index is 10.9. The Labute approximate surface area is 116 Å². The number of aliphatic carboxylic acids is 1. The van der Waals surface area contributed by atoms with Gasteiger partial charge in [-0.25, -0.2) is 0 Å². The molecule has 7 heteroatoms. The van der Waals surface area contributed by atoms with Crippen molar-refractivity contribution in [2.75, 3.05) is 11.9 Å². The lowest BCUT2D eigenvalue weighted by atomic mass is 10.0. The highest BCUT2D eigenvalue weighted by molar-refractivity contribution is 5.67. The summed E-state index contributed by atoms with van der Waals surface area (Å²) in [5.41, 5.74) is 0.312. The average molecular weight is 277 g/mol. The van der Waals surface area contributed by atoms with E-state index >= 15 is 0 Å². The topological polar surface area (TPSA) is 116 Å². The second-order valence-electron chi connectivity index (χ2n) is 4.35. The van der Waals surface area contributed by atoms with Gasteiger partial charge in [-0.1, -0.05) is 13.3 Å². The summed E-state index contributed by atoms with van der Waals surface area (Å²) in [6.07, 6.45) is 0.664. The van der Waals surface area contributed by atoms with Crippen LogP contribution in [0.4, 0.5) is 11.4 Å². The summed E-state index contributed by atoms with van der Waals surface area (Å²) in [7, 11) is 0. The van der Waals surface area contributed by atoms with Crippen molar-refractivity contribution in [2.45, 2.75) is 19.8 Å². The SMILES string of the molecule is CCC(CNc1ccc(C#N)cc1[N+](=O)[O-])CC(=O)O. The molecule has 1 aromatic rings. The Bertz CT molecular complexity index is 551. The Kier molecular flexibility index (Phi) is 5.47. The summed E-state index contributed by atoms with van der Waals surface area (Å²) in [5.74, 6) is -1.00. The van der Waals surface area contributed by atoms with E-state index in [9.17, 15) is 14.9 Å². The minimum absolute atomic E-state index is 0.00752. The van der Waals surface area contributed by atoms with Gasteiger partial charge in [0.2, 0.25) is 0 Å². The van der Waals surface area contributed by atoms with E-state index in [-0.39, 0.29) is 29.3 Å². The third kappa shape index (κ3) is 4.24. The van der Waals surface area contributed by atoms with Crippen LogP contribution in [0.2, 0.25) is 0 Å². The van der Waals surface area contributed by atoms with E-state index in [1.165, 1.54) is 18.2 Å².